The van der Waals surface area contributed by atoms with E-state index in [1.165, 1.54) is 0 Å². The van der Waals surface area contributed by atoms with Crippen LogP contribution >= 0.6 is 0 Å². The molecule has 0 spiro atoms. The lowest BCUT2D eigenvalue weighted by atomic mass is 9.95. The summed E-state index contributed by atoms with van der Waals surface area (Å²) in [5, 5.41) is 5.31. The first-order chi connectivity index (χ1) is 7.48. The highest BCUT2D eigenvalue weighted by Gasteiger charge is 2.39. The Morgan fingerprint density at radius 1 is 1.38 bits per heavy atom. The molecule has 4 nitrogen and oxygen atoms in total. The van der Waals surface area contributed by atoms with Crippen molar-refractivity contribution in [2.75, 3.05) is 19.6 Å². The van der Waals surface area contributed by atoms with E-state index < -0.39 is 5.41 Å². The van der Waals surface area contributed by atoms with Crippen molar-refractivity contribution in [2.24, 2.45) is 11.3 Å². The minimum Gasteiger partial charge on any atom is -0.367 e. The van der Waals surface area contributed by atoms with E-state index in [-0.39, 0.29) is 5.97 Å². The fourth-order valence-electron chi connectivity index (χ4n) is 2.40. The molecule has 0 aliphatic carbocycles. The summed E-state index contributed by atoms with van der Waals surface area (Å²) in [6.07, 6.45) is 2.22. The lowest BCUT2D eigenvalue weighted by Gasteiger charge is -2.32. The highest BCUT2D eigenvalue weighted by Crippen LogP contribution is 2.30. The number of hydroxylamine groups is 2. The van der Waals surface area contributed by atoms with Gasteiger partial charge in [0.05, 0.1) is 11.5 Å². The summed E-state index contributed by atoms with van der Waals surface area (Å²) in [5.74, 6) is 0.535. The number of hydrogen-bond donors (Lipinski definition) is 1. The smallest absolute Gasteiger partial charge is 0.330 e. The highest BCUT2D eigenvalue weighted by molar-refractivity contribution is 5.75. The second-order valence-electron chi connectivity index (χ2n) is 5.88. The largest absolute Gasteiger partial charge is 0.367 e. The van der Waals surface area contributed by atoms with E-state index in [1.54, 1.807) is 0 Å². The first-order valence-electron chi connectivity index (χ1n) is 6.18. The molecule has 2 rings (SSSR count). The molecular formula is C12H22N2O2. The van der Waals surface area contributed by atoms with E-state index in [1.807, 2.05) is 25.8 Å². The number of hydrogen-bond acceptors (Lipinski definition) is 4. The molecule has 0 aromatic heterocycles. The van der Waals surface area contributed by atoms with Crippen LogP contribution in [0.1, 0.15) is 33.6 Å². The maximum atomic E-state index is 11.8. The zero-order chi connectivity index (χ0) is 11.8. The highest BCUT2D eigenvalue weighted by atomic mass is 16.7. The van der Waals surface area contributed by atoms with Gasteiger partial charge >= 0.3 is 5.97 Å². The molecule has 0 aromatic rings. The van der Waals surface area contributed by atoms with E-state index in [9.17, 15) is 4.79 Å². The molecule has 0 saturated carbocycles. The first kappa shape index (κ1) is 11.9. The lowest BCUT2D eigenvalue weighted by molar-refractivity contribution is -0.206. The van der Waals surface area contributed by atoms with Crippen LogP contribution in [-0.4, -0.2) is 36.7 Å². The topological polar surface area (TPSA) is 41.6 Å². The molecule has 0 radical (unpaired) electrons. The van der Waals surface area contributed by atoms with E-state index >= 15 is 0 Å². The Morgan fingerprint density at radius 2 is 2.12 bits per heavy atom. The first-order valence-corrected chi connectivity index (χ1v) is 6.18. The Labute approximate surface area is 97.3 Å². The fourth-order valence-corrected chi connectivity index (χ4v) is 2.40. The number of carbonyl (C=O) groups is 1. The number of nitrogens with zero attached hydrogens (tertiary/aromatic N) is 1. The summed E-state index contributed by atoms with van der Waals surface area (Å²) in [6.45, 7) is 8.67. The minimum atomic E-state index is -0.412. The van der Waals surface area contributed by atoms with Gasteiger partial charge in [0.1, 0.15) is 0 Å². The van der Waals surface area contributed by atoms with Crippen molar-refractivity contribution in [1.82, 2.24) is 10.4 Å². The maximum Gasteiger partial charge on any atom is 0.330 e. The number of carbonyl (C=O) groups excluding carboxylic acids is 1. The molecule has 2 heterocycles. The van der Waals surface area contributed by atoms with Crippen molar-refractivity contribution < 1.29 is 9.63 Å². The molecule has 2 atom stereocenters. The molecule has 92 valence electrons. The monoisotopic (exact) mass is 226 g/mol. The zero-order valence-corrected chi connectivity index (χ0v) is 10.5. The summed E-state index contributed by atoms with van der Waals surface area (Å²) in [5.41, 5.74) is -0.412. The van der Waals surface area contributed by atoms with Crippen LogP contribution in [0.4, 0.5) is 0 Å². The number of piperidine rings is 1. The average Bonchev–Trinajstić information content (AvgIpc) is 2.61. The molecular weight excluding hydrogens is 204 g/mol. The normalized spacial score (nSPS) is 31.2. The molecule has 0 amide bonds. The van der Waals surface area contributed by atoms with Crippen LogP contribution in [0.2, 0.25) is 0 Å². The molecule has 2 unspecified atom stereocenters. The number of rotatable bonds is 1. The van der Waals surface area contributed by atoms with Crippen molar-refractivity contribution in [3.63, 3.8) is 0 Å². The van der Waals surface area contributed by atoms with Crippen LogP contribution < -0.4 is 5.32 Å². The Balaban J connectivity index is 1.93. The molecule has 2 fully saturated rings. The van der Waals surface area contributed by atoms with Crippen molar-refractivity contribution in [3.8, 4) is 0 Å². The molecule has 16 heavy (non-hydrogen) atoms. The molecule has 0 aromatic carbocycles. The molecule has 2 saturated heterocycles. The molecule has 0 bridgehead atoms. The fraction of sp³-hybridized carbons (Fsp3) is 0.917. The van der Waals surface area contributed by atoms with E-state index in [4.69, 9.17) is 4.84 Å². The van der Waals surface area contributed by atoms with Gasteiger partial charge in [0, 0.05) is 6.54 Å². The van der Waals surface area contributed by atoms with Gasteiger partial charge in [-0.1, -0.05) is 0 Å². The second kappa shape index (κ2) is 4.34. The third-order valence-electron chi connectivity index (χ3n) is 3.47. The SMILES string of the molecule is CC(C)(C)C(=O)ON1CCC2CNCCC21. The van der Waals surface area contributed by atoms with Crippen LogP contribution in [0.3, 0.4) is 0 Å². The van der Waals surface area contributed by atoms with Gasteiger partial charge in [-0.15, -0.1) is 5.06 Å². The lowest BCUT2D eigenvalue weighted by Crippen LogP contribution is -2.45. The third-order valence-corrected chi connectivity index (χ3v) is 3.47. The predicted octanol–water partition coefficient (Wildman–Crippen LogP) is 1.17. The van der Waals surface area contributed by atoms with Crippen LogP contribution in [0.25, 0.3) is 0 Å². The number of fused-ring (bicyclic) bond motifs is 1. The van der Waals surface area contributed by atoms with Crippen molar-refractivity contribution in [1.29, 1.82) is 0 Å². The maximum absolute atomic E-state index is 11.8. The summed E-state index contributed by atoms with van der Waals surface area (Å²) in [7, 11) is 0. The van der Waals surface area contributed by atoms with E-state index in [0.717, 1.165) is 32.5 Å². The Bertz CT molecular complexity index is 273. The Hall–Kier alpha value is -0.610. The average molecular weight is 226 g/mol. The minimum absolute atomic E-state index is 0.119. The van der Waals surface area contributed by atoms with Crippen molar-refractivity contribution in [3.05, 3.63) is 0 Å². The second-order valence-corrected chi connectivity index (χ2v) is 5.88. The predicted molar refractivity (Wildman–Crippen MR) is 61.6 cm³/mol. The van der Waals surface area contributed by atoms with Gasteiger partial charge in [-0.25, -0.2) is 4.79 Å². The van der Waals surface area contributed by atoms with E-state index in [2.05, 4.69) is 5.32 Å². The van der Waals surface area contributed by atoms with Gasteiger partial charge in [0.15, 0.2) is 0 Å². The molecule has 2 aliphatic rings. The molecule has 1 N–H and O–H groups in total. The number of nitrogens with one attached hydrogen (secondary N) is 1. The van der Waals surface area contributed by atoms with Crippen LogP contribution in [0.15, 0.2) is 0 Å². The summed E-state index contributed by atoms with van der Waals surface area (Å²) in [6, 6.07) is 0.438. The van der Waals surface area contributed by atoms with Gasteiger partial charge in [0.25, 0.3) is 0 Å². The van der Waals surface area contributed by atoms with Crippen LogP contribution in [0.5, 0.6) is 0 Å². The van der Waals surface area contributed by atoms with Gasteiger partial charge < -0.3 is 10.2 Å². The quantitative estimate of drug-likeness (QED) is 0.729. The third kappa shape index (κ3) is 2.38. The van der Waals surface area contributed by atoms with Gasteiger partial charge in [-0.05, 0) is 52.6 Å². The Morgan fingerprint density at radius 3 is 2.81 bits per heavy atom. The van der Waals surface area contributed by atoms with Gasteiger partial charge in [-0.2, -0.15) is 0 Å². The summed E-state index contributed by atoms with van der Waals surface area (Å²) in [4.78, 5) is 17.3. The van der Waals surface area contributed by atoms with Crippen molar-refractivity contribution >= 4 is 5.97 Å². The van der Waals surface area contributed by atoms with Crippen LogP contribution in [0, 0.1) is 11.3 Å². The zero-order valence-electron chi connectivity index (χ0n) is 10.5. The Kier molecular flexibility index (Phi) is 3.22. The molecule has 2 aliphatic heterocycles. The van der Waals surface area contributed by atoms with Crippen molar-refractivity contribution in [2.45, 2.75) is 39.7 Å². The summed E-state index contributed by atoms with van der Waals surface area (Å²) < 4.78 is 0. The van der Waals surface area contributed by atoms with Gasteiger partial charge in [0.2, 0.25) is 0 Å². The molecule has 4 heteroatoms. The van der Waals surface area contributed by atoms with Gasteiger partial charge in [-0.3, -0.25) is 0 Å². The van der Waals surface area contributed by atoms with E-state index in [0.29, 0.717) is 12.0 Å². The van der Waals surface area contributed by atoms with Crippen LogP contribution in [-0.2, 0) is 9.63 Å². The summed E-state index contributed by atoms with van der Waals surface area (Å²) >= 11 is 0. The standard InChI is InChI=1S/C12H22N2O2/c1-12(2,3)11(15)16-14-7-5-9-8-13-6-4-10(9)14/h9-10,13H,4-8H2,1-3H3.